The Morgan fingerprint density at radius 1 is 1.00 bits per heavy atom. The van der Waals surface area contributed by atoms with Crippen LogP contribution >= 0.6 is 11.6 Å². The van der Waals surface area contributed by atoms with Gasteiger partial charge in [0.15, 0.2) is 0 Å². The van der Waals surface area contributed by atoms with E-state index in [2.05, 4.69) is 16.0 Å². The summed E-state index contributed by atoms with van der Waals surface area (Å²) < 4.78 is 0. The third kappa shape index (κ3) is 4.73. The van der Waals surface area contributed by atoms with E-state index in [-0.39, 0.29) is 12.5 Å². The van der Waals surface area contributed by atoms with Crippen LogP contribution in [0, 0.1) is 20.8 Å². The minimum absolute atomic E-state index is 0.136. The van der Waals surface area contributed by atoms with Crippen LogP contribution in [0.3, 0.4) is 0 Å². The van der Waals surface area contributed by atoms with Crippen LogP contribution in [0.5, 0.6) is 0 Å². The highest BCUT2D eigenvalue weighted by atomic mass is 35.5. The van der Waals surface area contributed by atoms with Crippen molar-refractivity contribution >= 4 is 34.9 Å². The molecular weight excluding hydrogens is 326 g/mol. The van der Waals surface area contributed by atoms with Crippen molar-refractivity contribution in [1.82, 2.24) is 5.32 Å². The topological polar surface area (TPSA) is 70.2 Å². The summed E-state index contributed by atoms with van der Waals surface area (Å²) in [7, 11) is 0. The van der Waals surface area contributed by atoms with Crippen molar-refractivity contribution < 1.29 is 9.59 Å². The van der Waals surface area contributed by atoms with Crippen molar-refractivity contribution in [3.8, 4) is 0 Å². The van der Waals surface area contributed by atoms with Gasteiger partial charge in [0.1, 0.15) is 0 Å². The summed E-state index contributed by atoms with van der Waals surface area (Å²) in [5.74, 6) is -0.292. The van der Waals surface area contributed by atoms with Crippen LogP contribution in [0.15, 0.2) is 36.4 Å². The summed E-state index contributed by atoms with van der Waals surface area (Å²) in [4.78, 5) is 23.9. The maximum atomic E-state index is 12.0. The third-order valence-electron chi connectivity index (χ3n) is 3.47. The third-order valence-corrected chi connectivity index (χ3v) is 3.80. The van der Waals surface area contributed by atoms with Crippen LogP contribution in [-0.4, -0.2) is 18.5 Å². The van der Waals surface area contributed by atoms with Crippen molar-refractivity contribution in [2.24, 2.45) is 0 Å². The summed E-state index contributed by atoms with van der Waals surface area (Å²) in [5, 5.41) is 8.37. The zero-order chi connectivity index (χ0) is 17.7. The van der Waals surface area contributed by atoms with Gasteiger partial charge in [-0.05, 0) is 44.0 Å². The first-order valence-electron chi connectivity index (χ1n) is 7.54. The van der Waals surface area contributed by atoms with E-state index in [4.69, 9.17) is 11.6 Å². The molecular formula is C18H20ClN3O2. The molecule has 0 spiro atoms. The summed E-state index contributed by atoms with van der Waals surface area (Å²) in [6, 6.07) is 10.4. The average Bonchev–Trinajstić information content (AvgIpc) is 2.51. The molecule has 126 valence electrons. The number of hydrogen-bond donors (Lipinski definition) is 3. The summed E-state index contributed by atoms with van der Waals surface area (Å²) in [6.45, 7) is 5.75. The highest BCUT2D eigenvalue weighted by molar-refractivity contribution is 6.33. The number of benzene rings is 2. The quantitative estimate of drug-likeness (QED) is 0.783. The van der Waals surface area contributed by atoms with Gasteiger partial charge in [0, 0.05) is 5.69 Å². The summed E-state index contributed by atoms with van der Waals surface area (Å²) in [6.07, 6.45) is 0. The molecule has 0 fully saturated rings. The summed E-state index contributed by atoms with van der Waals surface area (Å²) >= 11 is 5.96. The second-order valence-corrected chi connectivity index (χ2v) is 6.02. The number of aryl methyl sites for hydroxylation is 3. The first-order chi connectivity index (χ1) is 11.4. The number of carbonyl (C=O) groups excluding carboxylic acids is 2. The standard InChI is InChI=1S/C18H20ClN3O2/c1-11-8-12(2)17(13(3)9-11)22-16(23)10-20-18(24)21-15-7-5-4-6-14(15)19/h4-9H,10H2,1-3H3,(H,22,23)(H2,20,21,24). The fourth-order valence-corrected chi connectivity index (χ4v) is 2.63. The second kappa shape index (κ2) is 7.84. The van der Waals surface area contributed by atoms with Gasteiger partial charge >= 0.3 is 6.03 Å². The van der Waals surface area contributed by atoms with Gasteiger partial charge in [0.05, 0.1) is 17.3 Å². The molecule has 0 aliphatic carbocycles. The second-order valence-electron chi connectivity index (χ2n) is 5.61. The molecule has 0 aliphatic rings. The van der Waals surface area contributed by atoms with Gasteiger partial charge in [-0.2, -0.15) is 0 Å². The normalized spacial score (nSPS) is 10.2. The van der Waals surface area contributed by atoms with Crippen LogP contribution in [-0.2, 0) is 4.79 Å². The number of carbonyl (C=O) groups is 2. The molecule has 0 aromatic heterocycles. The number of urea groups is 1. The Morgan fingerprint density at radius 2 is 1.62 bits per heavy atom. The molecule has 0 saturated heterocycles. The molecule has 0 unspecified atom stereocenters. The van der Waals surface area contributed by atoms with Gasteiger partial charge in [-0.3, -0.25) is 4.79 Å². The van der Waals surface area contributed by atoms with Crippen LogP contribution in [0.2, 0.25) is 5.02 Å². The fraction of sp³-hybridized carbons (Fsp3) is 0.222. The monoisotopic (exact) mass is 345 g/mol. The van der Waals surface area contributed by atoms with E-state index in [1.54, 1.807) is 24.3 Å². The molecule has 0 atom stereocenters. The minimum atomic E-state index is -0.490. The molecule has 3 amide bonds. The maximum Gasteiger partial charge on any atom is 0.319 e. The van der Waals surface area contributed by atoms with E-state index in [1.165, 1.54) is 0 Å². The largest absolute Gasteiger partial charge is 0.329 e. The fourth-order valence-electron chi connectivity index (χ4n) is 2.45. The van der Waals surface area contributed by atoms with Gasteiger partial charge < -0.3 is 16.0 Å². The van der Waals surface area contributed by atoms with Gasteiger partial charge in [0.2, 0.25) is 5.91 Å². The first kappa shape index (κ1) is 17.8. The average molecular weight is 346 g/mol. The van der Waals surface area contributed by atoms with Crippen molar-refractivity contribution in [2.45, 2.75) is 20.8 Å². The molecule has 6 heteroatoms. The highest BCUT2D eigenvalue weighted by Crippen LogP contribution is 2.22. The molecule has 0 aliphatic heterocycles. The van der Waals surface area contributed by atoms with Crippen LogP contribution in [0.1, 0.15) is 16.7 Å². The number of nitrogens with one attached hydrogen (secondary N) is 3. The molecule has 24 heavy (non-hydrogen) atoms. The van der Waals surface area contributed by atoms with Crippen molar-refractivity contribution in [3.05, 3.63) is 58.1 Å². The zero-order valence-corrected chi connectivity index (χ0v) is 14.6. The van der Waals surface area contributed by atoms with Crippen molar-refractivity contribution in [1.29, 1.82) is 0 Å². The molecule has 0 heterocycles. The van der Waals surface area contributed by atoms with Gasteiger partial charge in [-0.15, -0.1) is 0 Å². The van der Waals surface area contributed by atoms with Crippen LogP contribution < -0.4 is 16.0 Å². The van der Waals surface area contributed by atoms with Crippen LogP contribution in [0.25, 0.3) is 0 Å². The maximum absolute atomic E-state index is 12.0. The Bertz CT molecular complexity index is 752. The van der Waals surface area contributed by atoms with Gasteiger partial charge in [-0.1, -0.05) is 41.4 Å². The number of hydrogen-bond acceptors (Lipinski definition) is 2. The molecule has 0 bridgehead atoms. The molecule has 2 aromatic carbocycles. The van der Waals surface area contributed by atoms with E-state index in [1.807, 2.05) is 32.9 Å². The van der Waals surface area contributed by atoms with E-state index < -0.39 is 6.03 Å². The minimum Gasteiger partial charge on any atom is -0.329 e. The molecule has 5 nitrogen and oxygen atoms in total. The predicted molar refractivity (Wildman–Crippen MR) is 97.8 cm³/mol. The lowest BCUT2D eigenvalue weighted by molar-refractivity contribution is -0.115. The van der Waals surface area contributed by atoms with E-state index in [0.29, 0.717) is 10.7 Å². The Morgan fingerprint density at radius 3 is 2.25 bits per heavy atom. The highest BCUT2D eigenvalue weighted by Gasteiger charge is 2.10. The lowest BCUT2D eigenvalue weighted by atomic mass is 10.1. The molecule has 2 rings (SSSR count). The number of halogens is 1. The smallest absolute Gasteiger partial charge is 0.319 e. The first-order valence-corrected chi connectivity index (χ1v) is 7.91. The van der Waals surface area contributed by atoms with Crippen molar-refractivity contribution in [2.75, 3.05) is 17.2 Å². The van der Waals surface area contributed by atoms with Crippen molar-refractivity contribution in [3.63, 3.8) is 0 Å². The SMILES string of the molecule is Cc1cc(C)c(NC(=O)CNC(=O)Nc2ccccc2Cl)c(C)c1. The summed E-state index contributed by atoms with van der Waals surface area (Å²) in [5.41, 5.74) is 4.38. The van der Waals surface area contributed by atoms with Gasteiger partial charge in [0.25, 0.3) is 0 Å². The Labute approximate surface area is 146 Å². The Balaban J connectivity index is 1.90. The number of anilines is 2. The lowest BCUT2D eigenvalue weighted by Gasteiger charge is -2.13. The lowest BCUT2D eigenvalue weighted by Crippen LogP contribution is -2.36. The molecule has 0 radical (unpaired) electrons. The number of amides is 3. The Hall–Kier alpha value is -2.53. The molecule has 2 aromatic rings. The molecule has 3 N–H and O–H groups in total. The van der Waals surface area contributed by atoms with Crippen LogP contribution in [0.4, 0.5) is 16.2 Å². The van der Waals surface area contributed by atoms with E-state index in [9.17, 15) is 9.59 Å². The number of para-hydroxylation sites is 1. The number of rotatable bonds is 4. The Kier molecular flexibility index (Phi) is 5.82. The van der Waals surface area contributed by atoms with E-state index >= 15 is 0 Å². The van der Waals surface area contributed by atoms with E-state index in [0.717, 1.165) is 22.4 Å². The molecule has 0 saturated carbocycles. The van der Waals surface area contributed by atoms with Gasteiger partial charge in [-0.25, -0.2) is 4.79 Å². The zero-order valence-electron chi connectivity index (χ0n) is 13.9. The predicted octanol–water partition coefficient (Wildman–Crippen LogP) is 4.03.